The van der Waals surface area contributed by atoms with Crippen molar-refractivity contribution in [1.82, 2.24) is 9.88 Å². The predicted octanol–water partition coefficient (Wildman–Crippen LogP) is 2.23. The maximum atomic E-state index is 13.3. The minimum atomic E-state index is -1.05. The van der Waals surface area contributed by atoms with Crippen molar-refractivity contribution in [3.63, 3.8) is 0 Å². The monoisotopic (exact) mass is 348 g/mol. The molecule has 7 nitrogen and oxygen atoms in total. The van der Waals surface area contributed by atoms with Crippen LogP contribution >= 0.6 is 0 Å². The summed E-state index contributed by atoms with van der Waals surface area (Å²) in [5.74, 6) is -2.63. The maximum absolute atomic E-state index is 13.3. The first-order chi connectivity index (χ1) is 12.0. The number of pyridine rings is 1. The number of carbonyl (C=O) groups excluding carboxylic acids is 1. The zero-order valence-corrected chi connectivity index (χ0v) is 13.1. The molecule has 0 radical (unpaired) electrons. The van der Waals surface area contributed by atoms with Crippen molar-refractivity contribution in [2.75, 3.05) is 31.1 Å². The topological polar surface area (TPSA) is 79.6 Å². The standard InChI is InChI=1S/C16H14F2N4O3/c17-13-3-1-11(9-14(13)18)16(23)21-7-5-20(6-8-21)12-2-4-15(19-10-12)22(24)25/h1-4,9-10H,5-8H2. The van der Waals surface area contributed by atoms with E-state index in [4.69, 9.17) is 0 Å². The molecule has 0 atom stereocenters. The molecule has 1 fully saturated rings. The van der Waals surface area contributed by atoms with Crippen molar-refractivity contribution >= 4 is 17.4 Å². The molecule has 1 aliphatic heterocycles. The van der Waals surface area contributed by atoms with Crippen molar-refractivity contribution in [2.45, 2.75) is 0 Å². The lowest BCUT2D eigenvalue weighted by molar-refractivity contribution is -0.389. The SMILES string of the molecule is O=C(c1ccc(F)c(F)c1)N1CCN(c2ccc([N+](=O)[O-])nc2)CC1. The van der Waals surface area contributed by atoms with E-state index >= 15 is 0 Å². The molecule has 0 unspecified atom stereocenters. The number of benzene rings is 1. The van der Waals surface area contributed by atoms with Gasteiger partial charge in [0.05, 0.1) is 5.69 Å². The molecule has 2 aromatic rings. The summed E-state index contributed by atoms with van der Waals surface area (Å²) < 4.78 is 26.2. The fourth-order valence-corrected chi connectivity index (χ4v) is 2.65. The summed E-state index contributed by atoms with van der Waals surface area (Å²) in [7, 11) is 0. The first-order valence-electron chi connectivity index (χ1n) is 7.55. The van der Waals surface area contributed by atoms with E-state index in [1.165, 1.54) is 18.3 Å². The van der Waals surface area contributed by atoms with Gasteiger partial charge in [-0.15, -0.1) is 0 Å². The molecule has 1 aromatic carbocycles. The summed E-state index contributed by atoms with van der Waals surface area (Å²) in [6.45, 7) is 1.81. The van der Waals surface area contributed by atoms with E-state index in [0.717, 1.165) is 17.8 Å². The predicted molar refractivity (Wildman–Crippen MR) is 85.4 cm³/mol. The Labute approximate surface area is 141 Å². The number of amides is 1. The smallest absolute Gasteiger partial charge is 0.363 e. The van der Waals surface area contributed by atoms with E-state index < -0.39 is 16.6 Å². The molecule has 1 aromatic heterocycles. The number of piperazine rings is 1. The molecule has 3 rings (SSSR count). The highest BCUT2D eigenvalue weighted by atomic mass is 19.2. The van der Waals surface area contributed by atoms with Crippen LogP contribution in [0, 0.1) is 21.7 Å². The number of nitro groups is 1. The summed E-state index contributed by atoms with van der Waals surface area (Å²) in [5, 5.41) is 10.6. The van der Waals surface area contributed by atoms with Crippen LogP contribution in [0.15, 0.2) is 36.5 Å². The molecule has 2 heterocycles. The van der Waals surface area contributed by atoms with Gasteiger partial charge in [0, 0.05) is 37.8 Å². The van der Waals surface area contributed by atoms with Crippen LogP contribution in [-0.2, 0) is 0 Å². The second kappa shape index (κ2) is 6.80. The summed E-state index contributed by atoms with van der Waals surface area (Å²) >= 11 is 0. The van der Waals surface area contributed by atoms with Gasteiger partial charge < -0.3 is 19.9 Å². The van der Waals surface area contributed by atoms with Gasteiger partial charge in [0.2, 0.25) is 0 Å². The number of hydrogen-bond acceptors (Lipinski definition) is 5. The van der Waals surface area contributed by atoms with Gasteiger partial charge in [-0.05, 0) is 34.2 Å². The molecule has 0 bridgehead atoms. The molecule has 9 heteroatoms. The second-order valence-corrected chi connectivity index (χ2v) is 5.54. The Hall–Kier alpha value is -3.10. The van der Waals surface area contributed by atoms with Crippen LogP contribution in [0.25, 0.3) is 0 Å². The number of anilines is 1. The lowest BCUT2D eigenvalue weighted by atomic mass is 10.1. The highest BCUT2D eigenvalue weighted by Gasteiger charge is 2.24. The van der Waals surface area contributed by atoms with Gasteiger partial charge in [0.15, 0.2) is 17.8 Å². The number of aromatic nitrogens is 1. The third kappa shape index (κ3) is 3.54. The Morgan fingerprint density at radius 1 is 1.08 bits per heavy atom. The van der Waals surface area contributed by atoms with Crippen molar-refractivity contribution in [3.8, 4) is 0 Å². The number of nitrogens with zero attached hydrogens (tertiary/aromatic N) is 4. The number of halogens is 2. The molecule has 25 heavy (non-hydrogen) atoms. The van der Waals surface area contributed by atoms with E-state index in [0.29, 0.717) is 26.2 Å². The molecule has 0 N–H and O–H groups in total. The molecule has 1 amide bonds. The van der Waals surface area contributed by atoms with E-state index in [-0.39, 0.29) is 17.3 Å². The second-order valence-electron chi connectivity index (χ2n) is 5.54. The summed E-state index contributed by atoms with van der Waals surface area (Å²) in [6, 6.07) is 6.02. The van der Waals surface area contributed by atoms with Crippen LogP contribution in [0.1, 0.15) is 10.4 Å². The van der Waals surface area contributed by atoms with E-state index in [9.17, 15) is 23.7 Å². The van der Waals surface area contributed by atoms with Crippen molar-refractivity contribution in [3.05, 3.63) is 63.8 Å². The van der Waals surface area contributed by atoms with Crippen LogP contribution in [0.5, 0.6) is 0 Å². The molecule has 0 aliphatic carbocycles. The van der Waals surface area contributed by atoms with Gasteiger partial charge >= 0.3 is 5.82 Å². The molecule has 0 saturated carbocycles. The molecular formula is C16H14F2N4O3. The average molecular weight is 348 g/mol. The van der Waals surface area contributed by atoms with Gasteiger partial charge in [-0.1, -0.05) is 0 Å². The first-order valence-corrected chi connectivity index (χ1v) is 7.55. The maximum Gasteiger partial charge on any atom is 0.363 e. The zero-order chi connectivity index (χ0) is 18.0. The fraction of sp³-hybridized carbons (Fsp3) is 0.250. The van der Waals surface area contributed by atoms with E-state index in [1.54, 1.807) is 11.0 Å². The highest BCUT2D eigenvalue weighted by Crippen LogP contribution is 2.19. The normalized spacial score (nSPS) is 14.5. The van der Waals surface area contributed by atoms with Gasteiger partial charge in [0.1, 0.15) is 0 Å². The molecule has 130 valence electrons. The van der Waals surface area contributed by atoms with Crippen molar-refractivity contribution in [2.24, 2.45) is 0 Å². The third-order valence-corrected chi connectivity index (χ3v) is 4.02. The van der Waals surface area contributed by atoms with Crippen LogP contribution < -0.4 is 4.90 Å². The Bertz CT molecular complexity index is 806. The third-order valence-electron chi connectivity index (χ3n) is 4.02. The molecular weight excluding hydrogens is 334 g/mol. The minimum absolute atomic E-state index is 0.101. The van der Waals surface area contributed by atoms with Crippen LogP contribution in [-0.4, -0.2) is 46.9 Å². The minimum Gasteiger partial charge on any atom is -0.365 e. The quantitative estimate of drug-likeness (QED) is 0.628. The fourth-order valence-electron chi connectivity index (χ4n) is 2.65. The molecule has 1 saturated heterocycles. The van der Waals surface area contributed by atoms with Gasteiger partial charge in [0.25, 0.3) is 5.91 Å². The summed E-state index contributed by atoms with van der Waals surface area (Å²) in [4.78, 5) is 29.7. The van der Waals surface area contributed by atoms with E-state index in [1.807, 2.05) is 4.90 Å². The summed E-state index contributed by atoms with van der Waals surface area (Å²) in [5.41, 5.74) is 0.829. The van der Waals surface area contributed by atoms with Gasteiger partial charge in [-0.3, -0.25) is 4.79 Å². The average Bonchev–Trinajstić information content (AvgIpc) is 2.63. The summed E-state index contributed by atoms with van der Waals surface area (Å²) in [6.07, 6.45) is 1.42. The Balaban J connectivity index is 1.64. The van der Waals surface area contributed by atoms with Gasteiger partial charge in [-0.2, -0.15) is 0 Å². The highest BCUT2D eigenvalue weighted by molar-refractivity contribution is 5.94. The lowest BCUT2D eigenvalue weighted by Gasteiger charge is -2.35. The van der Waals surface area contributed by atoms with Crippen LogP contribution in [0.4, 0.5) is 20.3 Å². The molecule has 1 aliphatic rings. The Morgan fingerprint density at radius 3 is 2.36 bits per heavy atom. The first kappa shape index (κ1) is 16.7. The Morgan fingerprint density at radius 2 is 1.80 bits per heavy atom. The van der Waals surface area contributed by atoms with E-state index in [2.05, 4.69) is 4.98 Å². The van der Waals surface area contributed by atoms with Crippen LogP contribution in [0.3, 0.4) is 0 Å². The van der Waals surface area contributed by atoms with Crippen molar-refractivity contribution in [1.29, 1.82) is 0 Å². The largest absolute Gasteiger partial charge is 0.365 e. The number of hydrogen-bond donors (Lipinski definition) is 0. The Kier molecular flexibility index (Phi) is 4.55. The number of rotatable bonds is 3. The molecule has 0 spiro atoms. The number of carbonyl (C=O) groups is 1. The van der Waals surface area contributed by atoms with Gasteiger partial charge in [-0.25, -0.2) is 8.78 Å². The lowest BCUT2D eigenvalue weighted by Crippen LogP contribution is -2.48. The van der Waals surface area contributed by atoms with Crippen LogP contribution in [0.2, 0.25) is 0 Å². The zero-order valence-electron chi connectivity index (χ0n) is 13.1. The van der Waals surface area contributed by atoms with Crippen molar-refractivity contribution < 1.29 is 18.5 Å².